The van der Waals surface area contributed by atoms with Crippen molar-refractivity contribution in [3.63, 3.8) is 0 Å². The first-order valence-corrected chi connectivity index (χ1v) is 8.00. The summed E-state index contributed by atoms with van der Waals surface area (Å²) < 4.78 is 5.55. The number of aromatic nitrogens is 1. The molecular weight excluding hydrogens is 266 g/mol. The van der Waals surface area contributed by atoms with Crippen LogP contribution in [0.5, 0.6) is 0 Å². The van der Waals surface area contributed by atoms with Crippen molar-refractivity contribution in [1.82, 2.24) is 5.32 Å². The highest BCUT2D eigenvalue weighted by atomic mass is 16.5. The summed E-state index contributed by atoms with van der Waals surface area (Å²) in [5.74, 6) is 0.935. The van der Waals surface area contributed by atoms with Crippen LogP contribution in [0, 0.1) is 0 Å². The van der Waals surface area contributed by atoms with Gasteiger partial charge in [0.2, 0.25) is 0 Å². The second kappa shape index (κ2) is 6.89. The number of carbonyl (C=O) groups excluding carboxylic acids is 1. The van der Waals surface area contributed by atoms with Crippen LogP contribution >= 0.6 is 0 Å². The van der Waals surface area contributed by atoms with Gasteiger partial charge in [0, 0.05) is 13.2 Å². The summed E-state index contributed by atoms with van der Waals surface area (Å²) in [7, 11) is 0. The summed E-state index contributed by atoms with van der Waals surface area (Å²) in [5.41, 5.74) is 0.734. The molecule has 1 atom stereocenters. The fourth-order valence-corrected chi connectivity index (χ4v) is 3.10. The van der Waals surface area contributed by atoms with E-state index in [1.807, 2.05) is 18.3 Å². The molecule has 2 fully saturated rings. The lowest BCUT2D eigenvalue weighted by Gasteiger charge is -2.22. The van der Waals surface area contributed by atoms with E-state index >= 15 is 0 Å². The van der Waals surface area contributed by atoms with E-state index in [2.05, 4.69) is 15.2 Å². The van der Waals surface area contributed by atoms with E-state index in [-0.39, 0.29) is 12.0 Å². The van der Waals surface area contributed by atoms with Crippen LogP contribution in [-0.2, 0) is 4.74 Å². The molecule has 5 nitrogen and oxygen atoms in total. The molecule has 0 bridgehead atoms. The first-order chi connectivity index (χ1) is 10.3. The van der Waals surface area contributed by atoms with Crippen LogP contribution in [0.3, 0.4) is 0 Å². The van der Waals surface area contributed by atoms with Crippen molar-refractivity contribution in [1.29, 1.82) is 0 Å². The minimum absolute atomic E-state index is 0.0112. The quantitative estimate of drug-likeness (QED) is 0.912. The van der Waals surface area contributed by atoms with Gasteiger partial charge in [0.05, 0.1) is 25.4 Å². The number of carbonyl (C=O) groups is 1. The Kier molecular flexibility index (Phi) is 4.70. The number of aromatic amines is 1. The number of pyridine rings is 1. The third-order valence-electron chi connectivity index (χ3n) is 4.27. The number of hydrogen-bond donors (Lipinski definition) is 1. The maximum absolute atomic E-state index is 12.5. The highest BCUT2D eigenvalue weighted by molar-refractivity contribution is 5.98. The van der Waals surface area contributed by atoms with Crippen molar-refractivity contribution in [3.05, 3.63) is 23.9 Å². The van der Waals surface area contributed by atoms with Gasteiger partial charge in [-0.1, -0.05) is 0 Å². The molecule has 2 aliphatic heterocycles. The fraction of sp³-hybridized carbons (Fsp3) is 0.625. The summed E-state index contributed by atoms with van der Waals surface area (Å²) in [6, 6.07) is 3.78. The van der Waals surface area contributed by atoms with Crippen LogP contribution in [0.2, 0.25) is 0 Å². The van der Waals surface area contributed by atoms with Crippen molar-refractivity contribution in [2.75, 3.05) is 31.1 Å². The van der Waals surface area contributed by atoms with E-state index in [1.165, 1.54) is 19.3 Å². The van der Waals surface area contributed by atoms with E-state index in [9.17, 15) is 4.79 Å². The molecule has 21 heavy (non-hydrogen) atoms. The maximum atomic E-state index is 12.5. The van der Waals surface area contributed by atoms with Crippen molar-refractivity contribution >= 4 is 11.7 Å². The number of piperidine rings is 1. The predicted octanol–water partition coefficient (Wildman–Crippen LogP) is 1.40. The lowest BCUT2D eigenvalue weighted by Crippen LogP contribution is -2.38. The monoisotopic (exact) mass is 290 g/mol. The Morgan fingerprint density at radius 1 is 1.33 bits per heavy atom. The largest absolute Gasteiger partial charge is 0.376 e. The molecular formula is C16H24N3O2+. The number of hydrogen-bond acceptors (Lipinski definition) is 3. The zero-order valence-electron chi connectivity index (χ0n) is 12.4. The molecule has 0 radical (unpaired) electrons. The molecule has 0 aliphatic carbocycles. The van der Waals surface area contributed by atoms with Gasteiger partial charge < -0.3 is 10.1 Å². The first-order valence-electron chi connectivity index (χ1n) is 8.00. The minimum Gasteiger partial charge on any atom is -0.376 e. The van der Waals surface area contributed by atoms with Crippen molar-refractivity contribution in [3.8, 4) is 0 Å². The molecule has 0 saturated carbocycles. The number of anilines is 1. The number of nitrogens with zero attached hydrogens (tertiary/aromatic N) is 1. The van der Waals surface area contributed by atoms with Crippen molar-refractivity contribution < 1.29 is 14.5 Å². The summed E-state index contributed by atoms with van der Waals surface area (Å²) >= 11 is 0. The Morgan fingerprint density at radius 2 is 2.19 bits per heavy atom. The molecule has 0 unspecified atom stereocenters. The van der Waals surface area contributed by atoms with Crippen LogP contribution in [-0.4, -0.2) is 38.3 Å². The Balaban J connectivity index is 1.66. The molecule has 2 aliphatic rings. The first kappa shape index (κ1) is 14.3. The zero-order chi connectivity index (χ0) is 14.5. The molecule has 2 N–H and O–H groups in total. The van der Waals surface area contributed by atoms with Crippen LogP contribution in [0.15, 0.2) is 18.3 Å². The van der Waals surface area contributed by atoms with Crippen molar-refractivity contribution in [2.24, 2.45) is 0 Å². The predicted molar refractivity (Wildman–Crippen MR) is 80.4 cm³/mol. The molecule has 1 aromatic rings. The van der Waals surface area contributed by atoms with Crippen LogP contribution in [0.4, 0.5) is 5.82 Å². The van der Waals surface area contributed by atoms with Gasteiger partial charge in [-0.05, 0) is 44.2 Å². The Hall–Kier alpha value is -1.62. The number of ether oxygens (including phenoxy) is 1. The number of H-pyrrole nitrogens is 1. The lowest BCUT2D eigenvalue weighted by atomic mass is 10.1. The Labute approximate surface area is 125 Å². The summed E-state index contributed by atoms with van der Waals surface area (Å²) in [5, 5.41) is 3.01. The summed E-state index contributed by atoms with van der Waals surface area (Å²) in [6.45, 7) is 3.46. The number of rotatable bonds is 4. The minimum atomic E-state index is -0.0112. The third kappa shape index (κ3) is 3.53. The van der Waals surface area contributed by atoms with Gasteiger partial charge in [0.15, 0.2) is 0 Å². The van der Waals surface area contributed by atoms with Gasteiger partial charge >= 0.3 is 0 Å². The van der Waals surface area contributed by atoms with Gasteiger partial charge in [0.1, 0.15) is 5.56 Å². The third-order valence-corrected chi connectivity index (χ3v) is 4.27. The Morgan fingerprint density at radius 3 is 2.95 bits per heavy atom. The molecule has 1 amide bonds. The molecule has 114 valence electrons. The molecule has 5 heteroatoms. The average Bonchev–Trinajstić information content (AvgIpc) is 3.07. The van der Waals surface area contributed by atoms with E-state index in [0.29, 0.717) is 6.54 Å². The van der Waals surface area contributed by atoms with Gasteiger partial charge in [-0.3, -0.25) is 9.69 Å². The number of amides is 1. The van der Waals surface area contributed by atoms with Crippen LogP contribution in [0.1, 0.15) is 42.5 Å². The van der Waals surface area contributed by atoms with E-state index < -0.39 is 0 Å². The Bertz CT molecular complexity index is 480. The van der Waals surface area contributed by atoms with Gasteiger partial charge in [-0.2, -0.15) is 0 Å². The molecule has 2 saturated heterocycles. The number of nitrogens with one attached hydrogen (secondary N) is 2. The van der Waals surface area contributed by atoms with E-state index in [1.54, 1.807) is 0 Å². The average molecular weight is 290 g/mol. The molecule has 0 aromatic carbocycles. The van der Waals surface area contributed by atoms with Crippen LogP contribution < -0.4 is 15.2 Å². The van der Waals surface area contributed by atoms with Gasteiger partial charge in [0.25, 0.3) is 11.7 Å². The van der Waals surface area contributed by atoms with E-state index in [0.717, 1.165) is 43.9 Å². The zero-order valence-corrected chi connectivity index (χ0v) is 12.4. The second-order valence-corrected chi connectivity index (χ2v) is 5.83. The topological polar surface area (TPSA) is 55.7 Å². The molecule has 0 spiro atoms. The van der Waals surface area contributed by atoms with Gasteiger partial charge in [-0.25, -0.2) is 4.98 Å². The van der Waals surface area contributed by atoms with Crippen LogP contribution in [0.25, 0.3) is 0 Å². The SMILES string of the molecule is O=C(NC[C@H]1CCCO1)c1ccc[nH+]c1N1CCCCC1. The smallest absolute Gasteiger partial charge is 0.287 e. The second-order valence-electron chi connectivity index (χ2n) is 5.83. The van der Waals surface area contributed by atoms with Crippen molar-refractivity contribution in [2.45, 2.75) is 38.2 Å². The molecule has 3 heterocycles. The maximum Gasteiger partial charge on any atom is 0.287 e. The highest BCUT2D eigenvalue weighted by Crippen LogP contribution is 2.19. The lowest BCUT2D eigenvalue weighted by molar-refractivity contribution is -0.364. The van der Waals surface area contributed by atoms with Gasteiger partial charge in [-0.15, -0.1) is 0 Å². The standard InChI is InChI=1S/C16H23N3O2/c20-16(18-12-13-6-5-11-21-13)14-7-4-8-17-15(14)19-9-2-1-3-10-19/h4,7-8,13H,1-3,5-6,9-12H2,(H,18,20)/p+1/t13-/m1/s1. The molecule has 3 rings (SSSR count). The summed E-state index contributed by atoms with van der Waals surface area (Å²) in [6.07, 6.45) is 7.88. The normalized spacial score (nSPS) is 22.3. The molecule has 1 aromatic heterocycles. The summed E-state index contributed by atoms with van der Waals surface area (Å²) in [4.78, 5) is 18.0. The fourth-order valence-electron chi connectivity index (χ4n) is 3.10. The highest BCUT2D eigenvalue weighted by Gasteiger charge is 2.26. The van der Waals surface area contributed by atoms with E-state index in [4.69, 9.17) is 4.74 Å².